The molecule has 1 saturated heterocycles. The van der Waals surface area contributed by atoms with Crippen LogP contribution in [0.1, 0.15) is 26.8 Å². The fraction of sp³-hybridized carbons (Fsp3) is 0.412. The molecule has 2 heterocycles. The molecule has 1 atom stereocenters. The SMILES string of the molecule is Cc1cccc(Cl)c1C(=O)NCC(c1cncs1)N1CCOCC1. The largest absolute Gasteiger partial charge is 0.379 e. The van der Waals surface area contributed by atoms with Crippen LogP contribution in [0.2, 0.25) is 5.02 Å². The lowest BCUT2D eigenvalue weighted by Gasteiger charge is -2.33. The first kappa shape index (κ1) is 17.4. The van der Waals surface area contributed by atoms with Crippen molar-refractivity contribution >= 4 is 28.8 Å². The summed E-state index contributed by atoms with van der Waals surface area (Å²) in [7, 11) is 0. The summed E-state index contributed by atoms with van der Waals surface area (Å²) in [6, 6.07) is 5.59. The van der Waals surface area contributed by atoms with E-state index < -0.39 is 0 Å². The molecule has 1 aromatic carbocycles. The third kappa shape index (κ3) is 3.95. The molecule has 128 valence electrons. The van der Waals surface area contributed by atoms with Crippen LogP contribution in [0.4, 0.5) is 0 Å². The molecule has 24 heavy (non-hydrogen) atoms. The van der Waals surface area contributed by atoms with Crippen molar-refractivity contribution < 1.29 is 9.53 Å². The van der Waals surface area contributed by atoms with Crippen LogP contribution in [0, 0.1) is 6.92 Å². The fourth-order valence-corrected chi connectivity index (χ4v) is 3.95. The third-order valence-electron chi connectivity index (χ3n) is 4.17. The summed E-state index contributed by atoms with van der Waals surface area (Å²) >= 11 is 7.80. The average Bonchev–Trinajstić information content (AvgIpc) is 3.10. The van der Waals surface area contributed by atoms with E-state index in [1.165, 1.54) is 0 Å². The van der Waals surface area contributed by atoms with Crippen molar-refractivity contribution in [3.05, 3.63) is 50.9 Å². The maximum absolute atomic E-state index is 12.6. The molecule has 0 spiro atoms. The quantitative estimate of drug-likeness (QED) is 0.885. The highest BCUT2D eigenvalue weighted by molar-refractivity contribution is 7.09. The average molecular weight is 366 g/mol. The Balaban J connectivity index is 1.72. The van der Waals surface area contributed by atoms with Gasteiger partial charge in [0.05, 0.1) is 35.4 Å². The number of ether oxygens (including phenoxy) is 1. The normalized spacial score (nSPS) is 16.8. The Morgan fingerprint density at radius 2 is 2.25 bits per heavy atom. The zero-order valence-corrected chi connectivity index (χ0v) is 15.1. The molecule has 1 unspecified atom stereocenters. The molecule has 5 nitrogen and oxygen atoms in total. The number of aryl methyl sites for hydroxylation is 1. The van der Waals surface area contributed by atoms with Crippen molar-refractivity contribution in [2.75, 3.05) is 32.8 Å². The van der Waals surface area contributed by atoms with E-state index in [-0.39, 0.29) is 11.9 Å². The minimum atomic E-state index is -0.138. The summed E-state index contributed by atoms with van der Waals surface area (Å²) in [6.07, 6.45) is 1.87. The fourth-order valence-electron chi connectivity index (χ4n) is 2.89. The number of thiazole rings is 1. The topological polar surface area (TPSA) is 54.5 Å². The van der Waals surface area contributed by atoms with Crippen molar-refractivity contribution in [3.63, 3.8) is 0 Å². The minimum absolute atomic E-state index is 0.105. The zero-order valence-electron chi connectivity index (χ0n) is 13.5. The molecular weight excluding hydrogens is 346 g/mol. The number of nitrogens with one attached hydrogen (secondary N) is 1. The van der Waals surface area contributed by atoms with Crippen molar-refractivity contribution in [1.29, 1.82) is 0 Å². The molecule has 1 amide bonds. The third-order valence-corrected chi connectivity index (χ3v) is 5.36. The molecule has 1 aliphatic rings. The van der Waals surface area contributed by atoms with Gasteiger partial charge in [-0.15, -0.1) is 11.3 Å². The van der Waals surface area contributed by atoms with Crippen LogP contribution in [-0.2, 0) is 4.74 Å². The lowest BCUT2D eigenvalue weighted by Crippen LogP contribution is -2.43. The summed E-state index contributed by atoms with van der Waals surface area (Å²) in [5, 5.41) is 3.52. The highest BCUT2D eigenvalue weighted by Crippen LogP contribution is 2.25. The lowest BCUT2D eigenvalue weighted by atomic mass is 10.1. The minimum Gasteiger partial charge on any atom is -0.379 e. The van der Waals surface area contributed by atoms with Crippen LogP contribution < -0.4 is 5.32 Å². The van der Waals surface area contributed by atoms with Gasteiger partial charge in [-0.3, -0.25) is 14.7 Å². The molecule has 1 fully saturated rings. The van der Waals surface area contributed by atoms with Gasteiger partial charge in [0.1, 0.15) is 0 Å². The van der Waals surface area contributed by atoms with Crippen LogP contribution in [0.15, 0.2) is 29.9 Å². The molecule has 1 aromatic heterocycles. The molecule has 2 aromatic rings. The van der Waals surface area contributed by atoms with Gasteiger partial charge in [-0.05, 0) is 18.6 Å². The highest BCUT2D eigenvalue weighted by atomic mass is 35.5. The van der Waals surface area contributed by atoms with Crippen molar-refractivity contribution in [2.24, 2.45) is 0 Å². The Morgan fingerprint density at radius 3 is 2.92 bits per heavy atom. The molecule has 0 aliphatic carbocycles. The summed E-state index contributed by atoms with van der Waals surface area (Å²) in [4.78, 5) is 20.2. The zero-order chi connectivity index (χ0) is 16.9. The maximum atomic E-state index is 12.6. The van der Waals surface area contributed by atoms with Gasteiger partial charge in [-0.25, -0.2) is 0 Å². The number of hydrogen-bond donors (Lipinski definition) is 1. The highest BCUT2D eigenvalue weighted by Gasteiger charge is 2.25. The van der Waals surface area contributed by atoms with E-state index in [2.05, 4.69) is 15.2 Å². The number of halogens is 1. The predicted molar refractivity (Wildman–Crippen MR) is 95.8 cm³/mol. The molecular formula is C17H20ClN3O2S. The number of amides is 1. The van der Waals surface area contributed by atoms with Gasteiger partial charge in [0.15, 0.2) is 0 Å². The number of nitrogens with zero attached hydrogens (tertiary/aromatic N) is 2. The van der Waals surface area contributed by atoms with E-state index in [1.54, 1.807) is 17.4 Å². The van der Waals surface area contributed by atoms with Gasteiger partial charge in [-0.1, -0.05) is 23.7 Å². The summed E-state index contributed by atoms with van der Waals surface area (Å²) in [6.45, 7) is 5.54. The number of benzene rings is 1. The van der Waals surface area contributed by atoms with E-state index in [1.807, 2.05) is 30.8 Å². The molecule has 0 bridgehead atoms. The van der Waals surface area contributed by atoms with Gasteiger partial charge in [0.25, 0.3) is 5.91 Å². The van der Waals surface area contributed by atoms with Crippen LogP contribution in [0.25, 0.3) is 0 Å². The van der Waals surface area contributed by atoms with E-state index in [0.717, 1.165) is 23.5 Å². The van der Waals surface area contributed by atoms with Gasteiger partial charge >= 0.3 is 0 Å². The van der Waals surface area contributed by atoms with Gasteiger partial charge in [0.2, 0.25) is 0 Å². The first-order chi connectivity index (χ1) is 11.7. The van der Waals surface area contributed by atoms with E-state index in [9.17, 15) is 4.79 Å². The Morgan fingerprint density at radius 1 is 1.46 bits per heavy atom. The Labute approximate surface area is 150 Å². The number of rotatable bonds is 5. The first-order valence-corrected chi connectivity index (χ1v) is 9.16. The summed E-state index contributed by atoms with van der Waals surface area (Å²) in [5.74, 6) is -0.138. The van der Waals surface area contributed by atoms with Crippen molar-refractivity contribution in [2.45, 2.75) is 13.0 Å². The van der Waals surface area contributed by atoms with E-state index in [0.29, 0.717) is 30.3 Å². The lowest BCUT2D eigenvalue weighted by molar-refractivity contribution is 0.0169. The predicted octanol–water partition coefficient (Wildman–Crippen LogP) is 2.91. The summed E-state index contributed by atoms with van der Waals surface area (Å²) < 4.78 is 5.43. The van der Waals surface area contributed by atoms with Gasteiger partial charge < -0.3 is 10.1 Å². The van der Waals surface area contributed by atoms with Gasteiger partial charge in [-0.2, -0.15) is 0 Å². The molecule has 0 saturated carbocycles. The second kappa shape index (κ2) is 8.07. The number of hydrogen-bond acceptors (Lipinski definition) is 5. The first-order valence-electron chi connectivity index (χ1n) is 7.90. The van der Waals surface area contributed by atoms with Crippen LogP contribution in [0.5, 0.6) is 0 Å². The number of aromatic nitrogens is 1. The standard InChI is InChI=1S/C17H20ClN3O2S/c1-12-3-2-4-13(18)16(12)17(22)20-9-14(15-10-19-11-24-15)21-5-7-23-8-6-21/h2-4,10-11,14H,5-9H2,1H3,(H,20,22). The molecule has 1 aliphatic heterocycles. The van der Waals surface area contributed by atoms with E-state index in [4.69, 9.17) is 16.3 Å². The molecule has 1 N–H and O–H groups in total. The number of morpholine rings is 1. The van der Waals surface area contributed by atoms with Crippen LogP contribution in [0.3, 0.4) is 0 Å². The maximum Gasteiger partial charge on any atom is 0.253 e. The van der Waals surface area contributed by atoms with Crippen molar-refractivity contribution in [3.8, 4) is 0 Å². The number of carbonyl (C=O) groups excluding carboxylic acids is 1. The Kier molecular flexibility index (Phi) is 5.84. The summed E-state index contributed by atoms with van der Waals surface area (Å²) in [5.41, 5.74) is 3.24. The van der Waals surface area contributed by atoms with Crippen LogP contribution in [-0.4, -0.2) is 48.6 Å². The monoisotopic (exact) mass is 365 g/mol. The second-order valence-corrected chi connectivity index (χ2v) is 7.03. The Hall–Kier alpha value is -1.47. The number of carbonyl (C=O) groups is 1. The van der Waals surface area contributed by atoms with Crippen LogP contribution >= 0.6 is 22.9 Å². The molecule has 3 rings (SSSR count). The smallest absolute Gasteiger partial charge is 0.253 e. The van der Waals surface area contributed by atoms with E-state index >= 15 is 0 Å². The molecule has 7 heteroatoms. The van der Waals surface area contributed by atoms with Crippen molar-refractivity contribution in [1.82, 2.24) is 15.2 Å². The van der Waals surface area contributed by atoms with Gasteiger partial charge in [0, 0.05) is 30.7 Å². The Bertz CT molecular complexity index is 667. The molecule has 0 radical (unpaired) electrons. The second-order valence-electron chi connectivity index (χ2n) is 5.71.